The Morgan fingerprint density at radius 2 is 2.11 bits per heavy atom. The number of amides is 1. The van der Waals surface area contributed by atoms with Crippen molar-refractivity contribution in [2.45, 2.75) is 32.6 Å². The van der Waals surface area contributed by atoms with E-state index in [4.69, 9.17) is 0 Å². The molecule has 104 valence electrons. The van der Waals surface area contributed by atoms with Crippen LogP contribution in [0.1, 0.15) is 31.7 Å². The van der Waals surface area contributed by atoms with Crippen molar-refractivity contribution in [1.29, 1.82) is 0 Å². The number of hydrogen-bond donors (Lipinski definition) is 1. The van der Waals surface area contributed by atoms with Gasteiger partial charge in [-0.25, -0.2) is 0 Å². The fourth-order valence-electron chi connectivity index (χ4n) is 2.64. The van der Waals surface area contributed by atoms with Crippen molar-refractivity contribution in [2.24, 2.45) is 5.92 Å². The molecule has 1 aliphatic rings. The Balaban J connectivity index is 2.01. The molecule has 1 saturated heterocycles. The molecular formula is C16H24N2O. The maximum atomic E-state index is 12.4. The summed E-state index contributed by atoms with van der Waals surface area (Å²) in [7, 11) is 1.88. The van der Waals surface area contributed by atoms with Crippen LogP contribution in [0, 0.1) is 5.92 Å². The van der Waals surface area contributed by atoms with Crippen molar-refractivity contribution in [3.05, 3.63) is 29.8 Å². The molecule has 1 atom stereocenters. The van der Waals surface area contributed by atoms with E-state index in [9.17, 15) is 4.79 Å². The van der Waals surface area contributed by atoms with E-state index in [-0.39, 0.29) is 11.8 Å². The SMILES string of the molecule is CCCc1ccc(N(C)C(=O)C2CCCNC2)cc1. The summed E-state index contributed by atoms with van der Waals surface area (Å²) in [5.74, 6) is 0.365. The highest BCUT2D eigenvalue weighted by Gasteiger charge is 2.24. The van der Waals surface area contributed by atoms with E-state index >= 15 is 0 Å². The lowest BCUT2D eigenvalue weighted by atomic mass is 9.98. The predicted molar refractivity (Wildman–Crippen MR) is 79.4 cm³/mol. The van der Waals surface area contributed by atoms with Crippen LogP contribution in [0.3, 0.4) is 0 Å². The molecule has 0 aromatic heterocycles. The minimum absolute atomic E-state index is 0.133. The molecule has 1 aromatic rings. The van der Waals surface area contributed by atoms with E-state index in [1.807, 2.05) is 7.05 Å². The molecule has 1 N–H and O–H groups in total. The number of carbonyl (C=O) groups is 1. The third kappa shape index (κ3) is 3.57. The monoisotopic (exact) mass is 260 g/mol. The smallest absolute Gasteiger partial charge is 0.231 e. The van der Waals surface area contributed by atoms with E-state index in [1.165, 1.54) is 5.56 Å². The predicted octanol–water partition coefficient (Wildman–Crippen LogP) is 2.60. The molecule has 0 saturated carbocycles. The second-order valence-electron chi connectivity index (χ2n) is 5.36. The second-order valence-corrected chi connectivity index (χ2v) is 5.36. The zero-order chi connectivity index (χ0) is 13.7. The van der Waals surface area contributed by atoms with Gasteiger partial charge in [0.15, 0.2) is 0 Å². The molecule has 0 spiro atoms. The van der Waals surface area contributed by atoms with Gasteiger partial charge in [0.2, 0.25) is 5.91 Å². The van der Waals surface area contributed by atoms with Crippen LogP contribution < -0.4 is 10.2 Å². The molecule has 1 unspecified atom stereocenters. The molecule has 19 heavy (non-hydrogen) atoms. The Hall–Kier alpha value is -1.35. The first-order valence-corrected chi connectivity index (χ1v) is 7.29. The first-order chi connectivity index (χ1) is 9.22. The van der Waals surface area contributed by atoms with Gasteiger partial charge in [-0.1, -0.05) is 25.5 Å². The van der Waals surface area contributed by atoms with Gasteiger partial charge in [-0.2, -0.15) is 0 Å². The van der Waals surface area contributed by atoms with E-state index in [1.54, 1.807) is 4.90 Å². The van der Waals surface area contributed by atoms with Gasteiger partial charge in [-0.3, -0.25) is 4.79 Å². The molecule has 1 heterocycles. The summed E-state index contributed by atoms with van der Waals surface area (Å²) in [6.07, 6.45) is 4.36. The van der Waals surface area contributed by atoms with E-state index in [2.05, 4.69) is 36.5 Å². The Bertz CT molecular complexity index is 407. The van der Waals surface area contributed by atoms with E-state index in [0.29, 0.717) is 0 Å². The molecular weight excluding hydrogens is 236 g/mol. The summed E-state index contributed by atoms with van der Waals surface area (Å²) in [4.78, 5) is 14.2. The van der Waals surface area contributed by atoms with Crippen molar-refractivity contribution in [3.63, 3.8) is 0 Å². The largest absolute Gasteiger partial charge is 0.316 e. The summed E-state index contributed by atoms with van der Waals surface area (Å²) in [6.45, 7) is 4.04. The summed E-state index contributed by atoms with van der Waals surface area (Å²) >= 11 is 0. The van der Waals surface area contributed by atoms with Crippen LogP contribution in [-0.2, 0) is 11.2 Å². The molecule has 3 heteroatoms. The zero-order valence-corrected chi connectivity index (χ0v) is 12.0. The van der Waals surface area contributed by atoms with Crippen molar-refractivity contribution >= 4 is 11.6 Å². The topological polar surface area (TPSA) is 32.3 Å². The van der Waals surface area contributed by atoms with E-state index in [0.717, 1.165) is 44.5 Å². The quantitative estimate of drug-likeness (QED) is 0.902. The molecule has 1 aliphatic heterocycles. The van der Waals surface area contributed by atoms with Gasteiger partial charge in [-0.05, 0) is 43.5 Å². The van der Waals surface area contributed by atoms with Gasteiger partial charge in [-0.15, -0.1) is 0 Å². The highest BCUT2D eigenvalue weighted by atomic mass is 16.2. The van der Waals surface area contributed by atoms with Gasteiger partial charge in [0.05, 0.1) is 5.92 Å². The van der Waals surface area contributed by atoms with Crippen LogP contribution in [0.2, 0.25) is 0 Å². The first kappa shape index (κ1) is 14.1. The van der Waals surface area contributed by atoms with Gasteiger partial charge in [0, 0.05) is 19.3 Å². The number of benzene rings is 1. The van der Waals surface area contributed by atoms with Gasteiger partial charge in [0.25, 0.3) is 0 Å². The van der Waals surface area contributed by atoms with Gasteiger partial charge < -0.3 is 10.2 Å². The third-order valence-electron chi connectivity index (χ3n) is 3.84. The number of carbonyl (C=O) groups excluding carboxylic acids is 1. The van der Waals surface area contributed by atoms with Crippen LogP contribution >= 0.6 is 0 Å². The lowest BCUT2D eigenvalue weighted by Crippen LogP contribution is -2.41. The zero-order valence-electron chi connectivity index (χ0n) is 12.0. The summed E-state index contributed by atoms with van der Waals surface area (Å²) in [5.41, 5.74) is 2.34. The number of nitrogens with one attached hydrogen (secondary N) is 1. The number of nitrogens with zero attached hydrogens (tertiary/aromatic N) is 1. The average Bonchev–Trinajstić information content (AvgIpc) is 2.48. The average molecular weight is 260 g/mol. The molecule has 1 aromatic carbocycles. The number of rotatable bonds is 4. The van der Waals surface area contributed by atoms with Crippen molar-refractivity contribution in [3.8, 4) is 0 Å². The second kappa shape index (κ2) is 6.71. The molecule has 2 rings (SSSR count). The summed E-state index contributed by atoms with van der Waals surface area (Å²) < 4.78 is 0. The number of anilines is 1. The minimum atomic E-state index is 0.133. The highest BCUT2D eigenvalue weighted by molar-refractivity contribution is 5.94. The molecule has 3 nitrogen and oxygen atoms in total. The molecule has 0 bridgehead atoms. The number of piperidine rings is 1. The summed E-state index contributed by atoms with van der Waals surface area (Å²) in [5, 5.41) is 3.30. The molecule has 1 fully saturated rings. The van der Waals surface area contributed by atoms with Crippen molar-refractivity contribution in [2.75, 3.05) is 25.0 Å². The summed E-state index contributed by atoms with van der Waals surface area (Å²) in [6, 6.07) is 8.36. The molecule has 0 aliphatic carbocycles. The Kier molecular flexibility index (Phi) is 4.97. The number of aryl methyl sites for hydroxylation is 1. The minimum Gasteiger partial charge on any atom is -0.316 e. The Morgan fingerprint density at radius 3 is 2.68 bits per heavy atom. The first-order valence-electron chi connectivity index (χ1n) is 7.29. The normalized spacial score (nSPS) is 19.2. The van der Waals surface area contributed by atoms with Crippen molar-refractivity contribution in [1.82, 2.24) is 5.32 Å². The van der Waals surface area contributed by atoms with Crippen LogP contribution in [-0.4, -0.2) is 26.0 Å². The fourth-order valence-corrected chi connectivity index (χ4v) is 2.64. The fraction of sp³-hybridized carbons (Fsp3) is 0.562. The lowest BCUT2D eigenvalue weighted by Gasteiger charge is -2.27. The van der Waals surface area contributed by atoms with Gasteiger partial charge >= 0.3 is 0 Å². The number of hydrogen-bond acceptors (Lipinski definition) is 2. The molecule has 0 radical (unpaired) electrons. The van der Waals surface area contributed by atoms with Crippen LogP contribution in [0.4, 0.5) is 5.69 Å². The maximum Gasteiger partial charge on any atom is 0.231 e. The van der Waals surface area contributed by atoms with Crippen molar-refractivity contribution < 1.29 is 4.79 Å². The Morgan fingerprint density at radius 1 is 1.37 bits per heavy atom. The van der Waals surface area contributed by atoms with Crippen LogP contribution in [0.15, 0.2) is 24.3 Å². The van der Waals surface area contributed by atoms with Gasteiger partial charge in [0.1, 0.15) is 0 Å². The standard InChI is InChI=1S/C16H24N2O/c1-3-5-13-7-9-15(10-8-13)18(2)16(19)14-6-4-11-17-12-14/h7-10,14,17H,3-6,11-12H2,1-2H3. The van der Waals surface area contributed by atoms with Crippen LogP contribution in [0.5, 0.6) is 0 Å². The highest BCUT2D eigenvalue weighted by Crippen LogP contribution is 2.19. The van der Waals surface area contributed by atoms with Crippen LogP contribution in [0.25, 0.3) is 0 Å². The lowest BCUT2D eigenvalue weighted by molar-refractivity contribution is -0.122. The maximum absolute atomic E-state index is 12.4. The van der Waals surface area contributed by atoms with E-state index < -0.39 is 0 Å². The molecule has 1 amide bonds. The Labute approximate surface area is 116 Å². The third-order valence-corrected chi connectivity index (χ3v) is 3.84.